The molecule has 1 heterocycles. The van der Waals surface area contributed by atoms with Gasteiger partial charge in [-0.1, -0.05) is 6.42 Å². The first-order valence-corrected chi connectivity index (χ1v) is 8.46. The van der Waals surface area contributed by atoms with Crippen LogP contribution >= 0.6 is 11.3 Å². The third-order valence-corrected chi connectivity index (χ3v) is 5.55. The van der Waals surface area contributed by atoms with Crippen LogP contribution in [0, 0.1) is 29.1 Å². The van der Waals surface area contributed by atoms with Gasteiger partial charge in [0.05, 0.1) is 5.56 Å². The van der Waals surface area contributed by atoms with Crippen molar-refractivity contribution < 1.29 is 14.3 Å². The number of ether oxygens (including phenoxy) is 1. The van der Waals surface area contributed by atoms with Gasteiger partial charge in [0.1, 0.15) is 11.1 Å². The molecule has 3 rings (SSSR count). The Hall–Kier alpha value is -1.87. The third kappa shape index (κ3) is 3.30. The number of nitriles is 1. The average molecular weight is 318 g/mol. The minimum Gasteiger partial charge on any atom is -0.456 e. The van der Waals surface area contributed by atoms with Crippen LogP contribution in [0.2, 0.25) is 0 Å². The maximum atomic E-state index is 11.9. The molecule has 0 unspecified atom stereocenters. The van der Waals surface area contributed by atoms with E-state index in [9.17, 15) is 9.59 Å². The zero-order chi connectivity index (χ0) is 15.5. The zero-order valence-corrected chi connectivity index (χ0v) is 13.0. The fourth-order valence-corrected chi connectivity index (χ4v) is 4.46. The molecule has 116 valence electrons. The number of thiophene rings is 1. The molecule has 6 heteroatoms. The molecule has 2 aliphatic carbocycles. The Bertz CT molecular complexity index is 619. The van der Waals surface area contributed by atoms with Crippen LogP contribution in [0.25, 0.3) is 0 Å². The molecule has 2 bridgehead atoms. The fourth-order valence-electron chi connectivity index (χ4n) is 3.70. The zero-order valence-electron chi connectivity index (χ0n) is 12.2. The SMILES string of the molecule is N#Cc1ccsc1NC(=O)COC(=O)C[C@H]1C[C@@H]2CC[C@H]1C2. The number of esters is 1. The van der Waals surface area contributed by atoms with E-state index in [2.05, 4.69) is 5.32 Å². The van der Waals surface area contributed by atoms with Crippen LogP contribution in [0.15, 0.2) is 11.4 Å². The van der Waals surface area contributed by atoms with Gasteiger partial charge >= 0.3 is 5.97 Å². The van der Waals surface area contributed by atoms with Crippen LogP contribution in [0.5, 0.6) is 0 Å². The van der Waals surface area contributed by atoms with Gasteiger partial charge in [-0.05, 0) is 48.5 Å². The number of nitrogens with one attached hydrogen (secondary N) is 1. The summed E-state index contributed by atoms with van der Waals surface area (Å²) in [5.41, 5.74) is 0.423. The molecule has 2 fully saturated rings. The number of amides is 1. The Morgan fingerprint density at radius 2 is 2.27 bits per heavy atom. The van der Waals surface area contributed by atoms with E-state index in [1.165, 1.54) is 30.6 Å². The Morgan fingerprint density at radius 1 is 1.41 bits per heavy atom. The fraction of sp³-hybridized carbons (Fsp3) is 0.562. The highest BCUT2D eigenvalue weighted by molar-refractivity contribution is 7.14. The number of nitrogens with zero attached hydrogens (tertiary/aromatic N) is 1. The van der Waals surface area contributed by atoms with Gasteiger partial charge in [-0.3, -0.25) is 9.59 Å². The minimum atomic E-state index is -0.403. The molecule has 1 aromatic rings. The first-order valence-electron chi connectivity index (χ1n) is 7.58. The van der Waals surface area contributed by atoms with Crippen molar-refractivity contribution in [3.63, 3.8) is 0 Å². The molecule has 0 radical (unpaired) electrons. The summed E-state index contributed by atoms with van der Waals surface area (Å²) >= 11 is 1.28. The van der Waals surface area contributed by atoms with Crippen molar-refractivity contribution in [2.75, 3.05) is 11.9 Å². The van der Waals surface area contributed by atoms with E-state index >= 15 is 0 Å². The Labute approximate surface area is 133 Å². The van der Waals surface area contributed by atoms with E-state index in [1.807, 2.05) is 6.07 Å². The van der Waals surface area contributed by atoms with Gasteiger partial charge in [0.25, 0.3) is 5.91 Å². The predicted molar refractivity (Wildman–Crippen MR) is 82.2 cm³/mol. The lowest BCUT2D eigenvalue weighted by atomic mass is 9.86. The van der Waals surface area contributed by atoms with E-state index in [0.717, 1.165) is 12.3 Å². The number of carbonyl (C=O) groups is 2. The van der Waals surface area contributed by atoms with E-state index < -0.39 is 5.91 Å². The first kappa shape index (κ1) is 15.0. The van der Waals surface area contributed by atoms with Crippen molar-refractivity contribution in [1.29, 1.82) is 5.26 Å². The molecule has 1 N–H and O–H groups in total. The number of anilines is 1. The molecule has 0 aliphatic heterocycles. The lowest BCUT2D eigenvalue weighted by molar-refractivity contribution is -0.148. The van der Waals surface area contributed by atoms with Crippen molar-refractivity contribution in [3.05, 3.63) is 17.0 Å². The van der Waals surface area contributed by atoms with Crippen LogP contribution in [-0.4, -0.2) is 18.5 Å². The lowest BCUT2D eigenvalue weighted by Crippen LogP contribution is -2.23. The lowest BCUT2D eigenvalue weighted by Gasteiger charge is -2.20. The topological polar surface area (TPSA) is 79.2 Å². The number of carbonyl (C=O) groups excluding carboxylic acids is 2. The number of hydrogen-bond donors (Lipinski definition) is 1. The molecule has 5 nitrogen and oxygen atoms in total. The number of fused-ring (bicyclic) bond motifs is 2. The van der Waals surface area contributed by atoms with E-state index in [-0.39, 0.29) is 12.6 Å². The van der Waals surface area contributed by atoms with E-state index in [1.54, 1.807) is 11.4 Å². The second-order valence-corrected chi connectivity index (χ2v) is 7.04. The minimum absolute atomic E-state index is 0.289. The molecule has 3 atom stereocenters. The largest absolute Gasteiger partial charge is 0.456 e. The molecular formula is C16H18N2O3S. The second kappa shape index (κ2) is 6.49. The van der Waals surface area contributed by atoms with Crippen LogP contribution in [-0.2, 0) is 14.3 Å². The van der Waals surface area contributed by atoms with E-state index in [0.29, 0.717) is 28.8 Å². The Kier molecular flexibility index (Phi) is 4.44. The Balaban J connectivity index is 1.41. The molecule has 0 spiro atoms. The van der Waals surface area contributed by atoms with Crippen molar-refractivity contribution in [1.82, 2.24) is 0 Å². The molecule has 0 saturated heterocycles. The van der Waals surface area contributed by atoms with Gasteiger partial charge in [0.15, 0.2) is 6.61 Å². The van der Waals surface area contributed by atoms with Gasteiger partial charge in [-0.2, -0.15) is 5.26 Å². The Morgan fingerprint density at radius 3 is 2.95 bits per heavy atom. The summed E-state index contributed by atoms with van der Waals surface area (Å²) in [7, 11) is 0. The molecule has 22 heavy (non-hydrogen) atoms. The average Bonchev–Trinajstić information content (AvgIpc) is 3.21. The maximum Gasteiger partial charge on any atom is 0.306 e. The highest BCUT2D eigenvalue weighted by Gasteiger charge is 2.40. The molecule has 2 aliphatic rings. The van der Waals surface area contributed by atoms with Crippen molar-refractivity contribution >= 4 is 28.2 Å². The quantitative estimate of drug-likeness (QED) is 0.847. The van der Waals surface area contributed by atoms with Gasteiger partial charge < -0.3 is 10.1 Å². The van der Waals surface area contributed by atoms with Gasteiger partial charge in [0, 0.05) is 6.42 Å². The standard InChI is InChI=1S/C16H18N2O3S/c17-8-12-3-4-22-16(12)18-14(19)9-21-15(20)7-13-6-10-1-2-11(13)5-10/h3-4,10-11,13H,1-2,5-7,9H2,(H,18,19)/t10-,11+,13-/m1/s1. The summed E-state index contributed by atoms with van der Waals surface area (Å²) < 4.78 is 5.07. The highest BCUT2D eigenvalue weighted by atomic mass is 32.1. The summed E-state index contributed by atoms with van der Waals surface area (Å²) in [6.07, 6.45) is 5.36. The van der Waals surface area contributed by atoms with Crippen molar-refractivity contribution in [2.24, 2.45) is 17.8 Å². The summed E-state index contributed by atoms with van der Waals surface area (Å²) in [5, 5.41) is 13.7. The van der Waals surface area contributed by atoms with Crippen LogP contribution in [0.1, 0.15) is 37.7 Å². The van der Waals surface area contributed by atoms with Crippen LogP contribution in [0.4, 0.5) is 5.00 Å². The first-order chi connectivity index (χ1) is 10.7. The van der Waals surface area contributed by atoms with Crippen molar-refractivity contribution in [3.8, 4) is 6.07 Å². The second-order valence-electron chi connectivity index (χ2n) is 6.12. The highest BCUT2D eigenvalue weighted by Crippen LogP contribution is 2.49. The molecule has 1 aromatic heterocycles. The molecule has 1 amide bonds. The van der Waals surface area contributed by atoms with Crippen molar-refractivity contribution in [2.45, 2.75) is 32.1 Å². The number of hydrogen-bond acceptors (Lipinski definition) is 5. The summed E-state index contributed by atoms with van der Waals surface area (Å²) in [6.45, 7) is -0.289. The summed E-state index contributed by atoms with van der Waals surface area (Å²) in [5.74, 6) is 1.22. The van der Waals surface area contributed by atoms with Crippen LogP contribution in [0.3, 0.4) is 0 Å². The third-order valence-electron chi connectivity index (χ3n) is 4.72. The van der Waals surface area contributed by atoms with Crippen LogP contribution < -0.4 is 5.32 Å². The number of rotatable bonds is 5. The van der Waals surface area contributed by atoms with Gasteiger partial charge in [-0.25, -0.2) is 0 Å². The molecular weight excluding hydrogens is 300 g/mol. The summed E-state index contributed by atoms with van der Waals surface area (Å²) in [6, 6.07) is 3.64. The maximum absolute atomic E-state index is 11.9. The predicted octanol–water partition coefficient (Wildman–Crippen LogP) is 2.93. The monoisotopic (exact) mass is 318 g/mol. The normalized spacial score (nSPS) is 25.7. The smallest absolute Gasteiger partial charge is 0.306 e. The molecule has 0 aromatic carbocycles. The van der Waals surface area contributed by atoms with E-state index in [4.69, 9.17) is 10.00 Å². The van der Waals surface area contributed by atoms with Gasteiger partial charge in [-0.15, -0.1) is 11.3 Å². The molecule has 2 saturated carbocycles. The summed E-state index contributed by atoms with van der Waals surface area (Å²) in [4.78, 5) is 23.6. The van der Waals surface area contributed by atoms with Gasteiger partial charge in [0.2, 0.25) is 0 Å².